The van der Waals surface area contributed by atoms with Crippen molar-refractivity contribution in [2.24, 2.45) is 0 Å². The fourth-order valence-corrected chi connectivity index (χ4v) is 2.27. The fourth-order valence-electron chi connectivity index (χ4n) is 1.94. The van der Waals surface area contributed by atoms with Gasteiger partial charge in [-0.1, -0.05) is 0 Å². The molecule has 1 N–H and O–H groups in total. The van der Waals surface area contributed by atoms with Gasteiger partial charge in [-0.2, -0.15) is 0 Å². The van der Waals surface area contributed by atoms with Crippen molar-refractivity contribution in [2.45, 2.75) is 13.0 Å². The van der Waals surface area contributed by atoms with Crippen molar-refractivity contribution < 1.29 is 9.18 Å². The minimum Gasteiger partial charge on any atom is -0.333 e. The van der Waals surface area contributed by atoms with Gasteiger partial charge in [-0.3, -0.25) is 4.79 Å². The second kappa shape index (κ2) is 6.68. The molecule has 0 aromatic heterocycles. The first-order valence-electron chi connectivity index (χ1n) is 5.56. The molecule has 100 valence electrons. The zero-order valence-corrected chi connectivity index (χ0v) is 12.9. The van der Waals surface area contributed by atoms with Crippen LogP contribution >= 0.6 is 35.0 Å². The number of rotatable bonds is 1. The molecule has 1 fully saturated rings. The fraction of sp³-hybridized carbons (Fsp3) is 0.417. The van der Waals surface area contributed by atoms with Gasteiger partial charge in [0.25, 0.3) is 5.91 Å². The molecule has 1 unspecified atom stereocenters. The molecule has 1 aliphatic rings. The van der Waals surface area contributed by atoms with Gasteiger partial charge in [0.1, 0.15) is 5.82 Å². The Bertz CT molecular complexity index is 444. The van der Waals surface area contributed by atoms with Crippen molar-refractivity contribution in [2.75, 3.05) is 19.6 Å². The number of piperazine rings is 1. The van der Waals surface area contributed by atoms with Crippen molar-refractivity contribution in [3.63, 3.8) is 0 Å². The van der Waals surface area contributed by atoms with Gasteiger partial charge in [0.15, 0.2) is 0 Å². The number of hydrogen-bond acceptors (Lipinski definition) is 2. The highest BCUT2D eigenvalue weighted by atomic mass is 127. The lowest BCUT2D eigenvalue weighted by atomic mass is 10.1. The lowest BCUT2D eigenvalue weighted by molar-refractivity contribution is 0.0655. The second-order valence-electron chi connectivity index (χ2n) is 4.18. The number of carbonyl (C=O) groups excluding carboxylic acids is 1. The van der Waals surface area contributed by atoms with Crippen LogP contribution in [0.3, 0.4) is 0 Å². The Hall–Kier alpha value is -0.400. The van der Waals surface area contributed by atoms with Crippen LogP contribution in [0.4, 0.5) is 4.39 Å². The van der Waals surface area contributed by atoms with Crippen LogP contribution in [0.2, 0.25) is 0 Å². The van der Waals surface area contributed by atoms with E-state index in [1.807, 2.05) is 29.5 Å². The summed E-state index contributed by atoms with van der Waals surface area (Å²) in [4.78, 5) is 14.0. The van der Waals surface area contributed by atoms with E-state index in [2.05, 4.69) is 5.32 Å². The van der Waals surface area contributed by atoms with Crippen molar-refractivity contribution in [3.8, 4) is 0 Å². The third-order valence-electron chi connectivity index (χ3n) is 2.93. The highest BCUT2D eigenvalue weighted by Gasteiger charge is 2.24. The Labute approximate surface area is 126 Å². The normalized spacial score (nSPS) is 19.3. The summed E-state index contributed by atoms with van der Waals surface area (Å²) in [6.07, 6.45) is 0. The molecule has 0 radical (unpaired) electrons. The molecule has 1 heterocycles. The maximum absolute atomic E-state index is 13.4. The first-order chi connectivity index (χ1) is 8.09. The van der Waals surface area contributed by atoms with E-state index in [-0.39, 0.29) is 30.2 Å². The zero-order chi connectivity index (χ0) is 12.4. The Morgan fingerprint density at radius 1 is 1.56 bits per heavy atom. The standard InChI is InChI=1S/C12H14FIN2O.ClH/c1-8-7-15-4-5-16(8)12(17)9-2-3-11(14)10(13)6-9;/h2-3,6,8,15H,4-5,7H2,1H3;1H. The average molecular weight is 385 g/mol. The monoisotopic (exact) mass is 384 g/mol. The van der Waals surface area contributed by atoms with E-state index in [4.69, 9.17) is 0 Å². The van der Waals surface area contributed by atoms with Crippen LogP contribution in [-0.2, 0) is 0 Å². The molecule has 1 atom stereocenters. The molecule has 6 heteroatoms. The summed E-state index contributed by atoms with van der Waals surface area (Å²) in [6, 6.07) is 4.79. The highest BCUT2D eigenvalue weighted by Crippen LogP contribution is 2.15. The van der Waals surface area contributed by atoms with Crippen LogP contribution in [0.5, 0.6) is 0 Å². The minimum absolute atomic E-state index is 0. The maximum Gasteiger partial charge on any atom is 0.254 e. The summed E-state index contributed by atoms with van der Waals surface area (Å²) in [7, 11) is 0. The molecule has 0 bridgehead atoms. The molecule has 18 heavy (non-hydrogen) atoms. The molecule has 0 aliphatic carbocycles. The van der Waals surface area contributed by atoms with E-state index in [9.17, 15) is 9.18 Å². The van der Waals surface area contributed by atoms with Crippen LogP contribution in [0, 0.1) is 9.39 Å². The predicted octanol–water partition coefficient (Wildman–Crippen LogP) is 2.29. The zero-order valence-electron chi connectivity index (χ0n) is 9.95. The maximum atomic E-state index is 13.4. The predicted molar refractivity (Wildman–Crippen MR) is 79.7 cm³/mol. The Morgan fingerprint density at radius 3 is 2.89 bits per heavy atom. The van der Waals surface area contributed by atoms with Gasteiger partial charge in [0, 0.05) is 34.8 Å². The van der Waals surface area contributed by atoms with E-state index < -0.39 is 0 Å². The topological polar surface area (TPSA) is 32.3 Å². The van der Waals surface area contributed by atoms with Gasteiger partial charge >= 0.3 is 0 Å². The van der Waals surface area contributed by atoms with Crippen molar-refractivity contribution >= 4 is 40.9 Å². The molecule has 2 rings (SSSR count). The van der Waals surface area contributed by atoms with Crippen molar-refractivity contribution in [1.29, 1.82) is 0 Å². The van der Waals surface area contributed by atoms with Gasteiger partial charge in [-0.05, 0) is 47.7 Å². The summed E-state index contributed by atoms with van der Waals surface area (Å²) in [6.45, 7) is 4.25. The number of nitrogens with zero attached hydrogens (tertiary/aromatic N) is 1. The van der Waals surface area contributed by atoms with E-state index in [1.165, 1.54) is 6.07 Å². The molecule has 3 nitrogen and oxygen atoms in total. The Kier molecular flexibility index (Phi) is 5.81. The third kappa shape index (κ3) is 3.33. The smallest absolute Gasteiger partial charge is 0.254 e. The molecule has 0 spiro atoms. The number of benzene rings is 1. The molecule has 0 saturated carbocycles. The Balaban J connectivity index is 0.00000162. The molecule has 1 aromatic carbocycles. The van der Waals surface area contributed by atoms with E-state index in [1.54, 1.807) is 17.0 Å². The van der Waals surface area contributed by atoms with Crippen LogP contribution in [-0.4, -0.2) is 36.5 Å². The summed E-state index contributed by atoms with van der Waals surface area (Å²) < 4.78 is 13.9. The molecule has 1 aliphatic heterocycles. The average Bonchev–Trinajstić information content (AvgIpc) is 2.32. The van der Waals surface area contributed by atoms with Gasteiger partial charge in [-0.15, -0.1) is 12.4 Å². The number of hydrogen-bond donors (Lipinski definition) is 1. The molecular weight excluding hydrogens is 370 g/mol. The summed E-state index contributed by atoms with van der Waals surface area (Å²) in [5, 5.41) is 3.22. The van der Waals surface area contributed by atoms with Gasteiger partial charge in [0.2, 0.25) is 0 Å². The third-order valence-corrected chi connectivity index (χ3v) is 3.80. The van der Waals surface area contributed by atoms with Crippen molar-refractivity contribution in [3.05, 3.63) is 33.1 Å². The summed E-state index contributed by atoms with van der Waals surface area (Å²) in [5.74, 6) is -0.423. The Morgan fingerprint density at radius 2 is 2.28 bits per heavy atom. The van der Waals surface area contributed by atoms with Gasteiger partial charge in [0.05, 0.1) is 0 Å². The van der Waals surface area contributed by atoms with Crippen LogP contribution < -0.4 is 5.32 Å². The second-order valence-corrected chi connectivity index (χ2v) is 5.34. The number of amides is 1. The van der Waals surface area contributed by atoms with Crippen LogP contribution in [0.1, 0.15) is 17.3 Å². The first kappa shape index (κ1) is 15.7. The quantitative estimate of drug-likeness (QED) is 0.754. The van der Waals surface area contributed by atoms with E-state index in [0.29, 0.717) is 15.7 Å². The first-order valence-corrected chi connectivity index (χ1v) is 6.64. The van der Waals surface area contributed by atoms with Crippen LogP contribution in [0.15, 0.2) is 18.2 Å². The van der Waals surface area contributed by atoms with Crippen molar-refractivity contribution in [1.82, 2.24) is 10.2 Å². The summed E-state index contributed by atoms with van der Waals surface area (Å²) in [5.41, 5.74) is 0.427. The summed E-state index contributed by atoms with van der Waals surface area (Å²) >= 11 is 1.91. The molecule has 1 saturated heterocycles. The lowest BCUT2D eigenvalue weighted by Gasteiger charge is -2.34. The molecule has 1 amide bonds. The number of nitrogens with one attached hydrogen (secondary N) is 1. The SMILES string of the molecule is CC1CNCCN1C(=O)c1ccc(I)c(F)c1.Cl. The van der Waals surface area contributed by atoms with Gasteiger partial charge in [-0.25, -0.2) is 4.39 Å². The number of carbonyl (C=O) groups is 1. The van der Waals surface area contributed by atoms with E-state index >= 15 is 0 Å². The molecular formula is C12H15ClFIN2O. The van der Waals surface area contributed by atoms with E-state index in [0.717, 1.165) is 13.1 Å². The number of halogens is 3. The molecule has 1 aromatic rings. The minimum atomic E-state index is -0.334. The van der Waals surface area contributed by atoms with Gasteiger partial charge < -0.3 is 10.2 Å². The van der Waals surface area contributed by atoms with Crippen LogP contribution in [0.25, 0.3) is 0 Å². The lowest BCUT2D eigenvalue weighted by Crippen LogP contribution is -2.52. The largest absolute Gasteiger partial charge is 0.333 e. The highest BCUT2D eigenvalue weighted by molar-refractivity contribution is 14.1.